The van der Waals surface area contributed by atoms with Crippen LogP contribution < -0.4 is 0 Å². The molecule has 0 saturated carbocycles. The predicted molar refractivity (Wildman–Crippen MR) is 63.9 cm³/mol. The summed E-state index contributed by atoms with van der Waals surface area (Å²) in [5.74, 6) is -0.862. The molecule has 1 N–H and O–H groups in total. The van der Waals surface area contributed by atoms with E-state index in [1.54, 1.807) is 6.08 Å². The van der Waals surface area contributed by atoms with Crippen molar-refractivity contribution >= 4 is 5.97 Å². The minimum atomic E-state index is -0.862. The number of hydrogen-bond donors (Lipinski definition) is 1. The van der Waals surface area contributed by atoms with Gasteiger partial charge in [0, 0.05) is 6.08 Å². The summed E-state index contributed by atoms with van der Waals surface area (Å²) in [5, 5.41) is 8.33. The third-order valence-electron chi connectivity index (χ3n) is 2.15. The maximum atomic E-state index is 10.1. The summed E-state index contributed by atoms with van der Waals surface area (Å²) < 4.78 is 0. The van der Waals surface area contributed by atoms with Gasteiger partial charge in [-0.2, -0.15) is 0 Å². The normalized spacial score (nSPS) is 11.5. The van der Waals surface area contributed by atoms with Gasteiger partial charge in [-0.15, -0.1) is 0 Å². The van der Waals surface area contributed by atoms with Crippen molar-refractivity contribution in [1.82, 2.24) is 0 Å². The highest BCUT2D eigenvalue weighted by molar-refractivity contribution is 5.79. The highest BCUT2D eigenvalue weighted by atomic mass is 16.4. The first kappa shape index (κ1) is 13.9. The highest BCUT2D eigenvalue weighted by Gasteiger charge is 1.85. The first-order valence-corrected chi connectivity index (χ1v) is 5.81. The molecule has 2 nitrogen and oxygen atoms in total. The third kappa shape index (κ3) is 12.9. The van der Waals surface area contributed by atoms with Crippen LogP contribution in [-0.4, -0.2) is 11.1 Å². The lowest BCUT2D eigenvalue weighted by atomic mass is 10.1. The first-order valence-electron chi connectivity index (χ1n) is 5.81. The van der Waals surface area contributed by atoms with E-state index >= 15 is 0 Å². The Labute approximate surface area is 92.7 Å². The molecular weight excluding hydrogens is 188 g/mol. The summed E-state index contributed by atoms with van der Waals surface area (Å²) in [6.07, 6.45) is 15.4. The number of unbranched alkanes of at least 4 members (excludes halogenated alkanes) is 5. The molecule has 2 heteroatoms. The number of aliphatic carboxylic acids is 1. The molecule has 0 heterocycles. The van der Waals surface area contributed by atoms with Crippen molar-refractivity contribution in [3.8, 4) is 0 Å². The van der Waals surface area contributed by atoms with Crippen LogP contribution in [0, 0.1) is 0 Å². The van der Waals surface area contributed by atoms with E-state index in [4.69, 9.17) is 5.11 Å². The molecule has 0 bridgehead atoms. The molecule has 0 aromatic rings. The number of rotatable bonds is 9. The van der Waals surface area contributed by atoms with Crippen molar-refractivity contribution in [3.63, 3.8) is 0 Å². The van der Waals surface area contributed by atoms with E-state index in [9.17, 15) is 4.79 Å². The molecule has 0 unspecified atom stereocenters. The Kier molecular flexibility index (Phi) is 10.3. The molecule has 0 aliphatic rings. The molecule has 0 rings (SSSR count). The van der Waals surface area contributed by atoms with Gasteiger partial charge in [-0.3, -0.25) is 0 Å². The zero-order valence-electron chi connectivity index (χ0n) is 9.61. The first-order chi connectivity index (χ1) is 7.27. The van der Waals surface area contributed by atoms with Crippen LogP contribution in [0.25, 0.3) is 0 Å². The summed E-state index contributed by atoms with van der Waals surface area (Å²) in [7, 11) is 0. The summed E-state index contributed by atoms with van der Waals surface area (Å²) in [5.41, 5.74) is 0. The van der Waals surface area contributed by atoms with Gasteiger partial charge in [0.25, 0.3) is 0 Å². The average molecular weight is 210 g/mol. The van der Waals surface area contributed by atoms with Crippen LogP contribution in [0.2, 0.25) is 0 Å². The van der Waals surface area contributed by atoms with Crippen LogP contribution in [0.3, 0.4) is 0 Å². The molecule has 0 aromatic carbocycles. The van der Waals surface area contributed by atoms with Crippen molar-refractivity contribution in [2.45, 2.75) is 51.9 Å². The SMILES string of the molecule is CCCCCCC=CCCC=CC(=O)O. The van der Waals surface area contributed by atoms with Gasteiger partial charge in [0.05, 0.1) is 0 Å². The van der Waals surface area contributed by atoms with Crippen LogP contribution in [0.5, 0.6) is 0 Å². The summed E-state index contributed by atoms with van der Waals surface area (Å²) in [6, 6.07) is 0. The lowest BCUT2D eigenvalue weighted by Crippen LogP contribution is -1.85. The van der Waals surface area contributed by atoms with Gasteiger partial charge in [0.15, 0.2) is 0 Å². The number of carboxylic acids is 1. The van der Waals surface area contributed by atoms with E-state index in [1.165, 1.54) is 31.8 Å². The van der Waals surface area contributed by atoms with Crippen LogP contribution in [0.4, 0.5) is 0 Å². The van der Waals surface area contributed by atoms with Crippen molar-refractivity contribution < 1.29 is 9.90 Å². The standard InChI is InChI=1S/C13H22O2/c1-2-3-4-5-6-7-8-9-10-11-12-13(14)15/h7-8,11-12H,2-6,9-10H2,1H3,(H,14,15). The molecule has 15 heavy (non-hydrogen) atoms. The van der Waals surface area contributed by atoms with Crippen molar-refractivity contribution in [2.75, 3.05) is 0 Å². The topological polar surface area (TPSA) is 37.3 Å². The van der Waals surface area contributed by atoms with Gasteiger partial charge in [-0.1, -0.05) is 44.4 Å². The third-order valence-corrected chi connectivity index (χ3v) is 2.15. The Bertz CT molecular complexity index is 205. The lowest BCUT2D eigenvalue weighted by Gasteiger charge is -1.93. The van der Waals surface area contributed by atoms with Crippen LogP contribution >= 0.6 is 0 Å². The van der Waals surface area contributed by atoms with Gasteiger partial charge in [0.2, 0.25) is 0 Å². The fraction of sp³-hybridized carbons (Fsp3) is 0.615. The Hall–Kier alpha value is -1.05. The van der Waals surface area contributed by atoms with E-state index in [0.29, 0.717) is 0 Å². The van der Waals surface area contributed by atoms with E-state index in [1.807, 2.05) is 0 Å². The van der Waals surface area contributed by atoms with Crippen molar-refractivity contribution in [3.05, 3.63) is 24.3 Å². The number of allylic oxidation sites excluding steroid dienone is 3. The molecule has 0 radical (unpaired) electrons. The van der Waals surface area contributed by atoms with E-state index in [2.05, 4.69) is 19.1 Å². The van der Waals surface area contributed by atoms with E-state index < -0.39 is 5.97 Å². The second-order valence-electron chi connectivity index (χ2n) is 3.64. The van der Waals surface area contributed by atoms with Crippen LogP contribution in [0.15, 0.2) is 24.3 Å². The second kappa shape index (κ2) is 11.0. The summed E-state index contributed by atoms with van der Waals surface area (Å²) in [6.45, 7) is 2.21. The minimum Gasteiger partial charge on any atom is -0.478 e. The smallest absolute Gasteiger partial charge is 0.327 e. The number of carboxylic acid groups (broad SMARTS) is 1. The zero-order chi connectivity index (χ0) is 11.4. The maximum Gasteiger partial charge on any atom is 0.327 e. The van der Waals surface area contributed by atoms with Crippen molar-refractivity contribution in [1.29, 1.82) is 0 Å². The zero-order valence-corrected chi connectivity index (χ0v) is 9.61. The fourth-order valence-electron chi connectivity index (χ4n) is 1.30. The lowest BCUT2D eigenvalue weighted by molar-refractivity contribution is -0.131. The Morgan fingerprint density at radius 2 is 1.67 bits per heavy atom. The van der Waals surface area contributed by atoms with Gasteiger partial charge in [-0.25, -0.2) is 4.79 Å². The largest absolute Gasteiger partial charge is 0.478 e. The van der Waals surface area contributed by atoms with E-state index in [0.717, 1.165) is 19.3 Å². The summed E-state index contributed by atoms with van der Waals surface area (Å²) in [4.78, 5) is 10.1. The Morgan fingerprint density at radius 1 is 1.00 bits per heavy atom. The average Bonchev–Trinajstić information content (AvgIpc) is 2.20. The molecule has 86 valence electrons. The van der Waals surface area contributed by atoms with Gasteiger partial charge >= 0.3 is 5.97 Å². The highest BCUT2D eigenvalue weighted by Crippen LogP contribution is 2.03. The minimum absolute atomic E-state index is 0.817. The quantitative estimate of drug-likeness (QED) is 0.355. The van der Waals surface area contributed by atoms with Crippen LogP contribution in [0.1, 0.15) is 51.9 Å². The Morgan fingerprint density at radius 3 is 2.33 bits per heavy atom. The van der Waals surface area contributed by atoms with E-state index in [-0.39, 0.29) is 0 Å². The molecule has 0 aromatic heterocycles. The molecule has 0 fully saturated rings. The van der Waals surface area contributed by atoms with Crippen molar-refractivity contribution in [2.24, 2.45) is 0 Å². The number of hydrogen-bond acceptors (Lipinski definition) is 1. The van der Waals surface area contributed by atoms with Gasteiger partial charge in [-0.05, 0) is 25.7 Å². The second-order valence-corrected chi connectivity index (χ2v) is 3.64. The predicted octanol–water partition coefficient (Wildman–Crippen LogP) is 3.93. The monoisotopic (exact) mass is 210 g/mol. The fourth-order valence-corrected chi connectivity index (χ4v) is 1.30. The summed E-state index contributed by atoms with van der Waals surface area (Å²) >= 11 is 0. The Balaban J connectivity index is 3.21. The maximum absolute atomic E-state index is 10.1. The molecule has 0 saturated heterocycles. The van der Waals surface area contributed by atoms with Gasteiger partial charge < -0.3 is 5.11 Å². The van der Waals surface area contributed by atoms with Crippen LogP contribution in [-0.2, 0) is 4.79 Å². The number of carbonyl (C=O) groups is 1. The van der Waals surface area contributed by atoms with Gasteiger partial charge in [0.1, 0.15) is 0 Å². The molecule has 0 atom stereocenters. The molecule has 0 aliphatic carbocycles. The molecule has 0 amide bonds. The molecular formula is C13H22O2. The molecule has 0 aliphatic heterocycles. The molecule has 0 spiro atoms.